The van der Waals surface area contributed by atoms with Crippen LogP contribution in [-0.4, -0.2) is 45.7 Å². The number of nitrogens with zero attached hydrogens (tertiary/aromatic N) is 1. The molecule has 5 heteroatoms. The lowest BCUT2D eigenvalue weighted by atomic mass is 10.1. The number of hydrogen-bond acceptors (Lipinski definition) is 4. The molecule has 2 aromatic carbocycles. The Bertz CT molecular complexity index is 701. The molecule has 25 heavy (non-hydrogen) atoms. The average molecular weight is 342 g/mol. The van der Waals surface area contributed by atoms with Crippen LogP contribution in [-0.2, 0) is 11.2 Å². The van der Waals surface area contributed by atoms with Crippen molar-refractivity contribution in [1.29, 1.82) is 0 Å². The van der Waals surface area contributed by atoms with E-state index in [1.54, 1.807) is 14.2 Å². The van der Waals surface area contributed by atoms with E-state index in [9.17, 15) is 4.79 Å². The van der Waals surface area contributed by atoms with E-state index >= 15 is 0 Å². The van der Waals surface area contributed by atoms with Crippen LogP contribution in [0, 0.1) is 0 Å². The number of likely N-dealkylation sites (N-methyl/N-ethyl adjacent to an activating group) is 1. The van der Waals surface area contributed by atoms with Gasteiger partial charge in [0.15, 0.2) is 0 Å². The summed E-state index contributed by atoms with van der Waals surface area (Å²) in [5.41, 5.74) is 1.98. The first-order valence-corrected chi connectivity index (χ1v) is 8.24. The number of para-hydroxylation sites is 1. The van der Waals surface area contributed by atoms with Gasteiger partial charge in [-0.05, 0) is 37.9 Å². The third-order valence-electron chi connectivity index (χ3n) is 4.14. The molecule has 0 fully saturated rings. The van der Waals surface area contributed by atoms with Crippen LogP contribution in [0.4, 0.5) is 0 Å². The van der Waals surface area contributed by atoms with Crippen molar-refractivity contribution in [2.45, 2.75) is 12.5 Å². The third kappa shape index (κ3) is 5.22. The number of rotatable bonds is 8. The summed E-state index contributed by atoms with van der Waals surface area (Å²) in [6.07, 6.45) is 0.294. The molecule has 0 saturated carbocycles. The van der Waals surface area contributed by atoms with Crippen LogP contribution < -0.4 is 14.8 Å². The van der Waals surface area contributed by atoms with Gasteiger partial charge in [-0.2, -0.15) is 0 Å². The number of methoxy groups -OCH3 is 2. The third-order valence-corrected chi connectivity index (χ3v) is 4.14. The fraction of sp³-hybridized carbons (Fsp3) is 0.350. The van der Waals surface area contributed by atoms with Crippen LogP contribution in [0.1, 0.15) is 17.2 Å². The Morgan fingerprint density at radius 2 is 1.84 bits per heavy atom. The van der Waals surface area contributed by atoms with Gasteiger partial charge in [0.1, 0.15) is 11.5 Å². The van der Waals surface area contributed by atoms with E-state index in [-0.39, 0.29) is 11.9 Å². The van der Waals surface area contributed by atoms with Crippen molar-refractivity contribution >= 4 is 5.91 Å². The van der Waals surface area contributed by atoms with E-state index in [1.165, 1.54) is 0 Å². The second kappa shape index (κ2) is 9.08. The molecule has 0 aliphatic carbocycles. The summed E-state index contributed by atoms with van der Waals surface area (Å²) in [7, 11) is 7.26. The lowest BCUT2D eigenvalue weighted by Gasteiger charge is -2.25. The van der Waals surface area contributed by atoms with Crippen LogP contribution in [0.5, 0.6) is 11.5 Å². The van der Waals surface area contributed by atoms with Gasteiger partial charge >= 0.3 is 0 Å². The van der Waals surface area contributed by atoms with Gasteiger partial charge in [0, 0.05) is 12.1 Å². The summed E-state index contributed by atoms with van der Waals surface area (Å²) in [6.45, 7) is 0.522. The smallest absolute Gasteiger partial charge is 0.224 e. The van der Waals surface area contributed by atoms with Crippen molar-refractivity contribution in [1.82, 2.24) is 10.2 Å². The Balaban J connectivity index is 2.02. The molecule has 5 nitrogen and oxygen atoms in total. The second-order valence-corrected chi connectivity index (χ2v) is 6.05. The molecule has 0 radical (unpaired) electrons. The molecule has 134 valence electrons. The predicted octanol–water partition coefficient (Wildman–Crippen LogP) is 2.67. The standard InChI is InChI=1S/C20H26N2O3/c1-22(2)18(15-9-7-10-17(12-15)24-3)14-21-20(23)13-16-8-5-6-11-19(16)25-4/h5-12,18H,13-14H2,1-4H3,(H,21,23). The summed E-state index contributed by atoms with van der Waals surface area (Å²) in [5, 5.41) is 3.02. The van der Waals surface area contributed by atoms with Gasteiger partial charge in [-0.25, -0.2) is 0 Å². The van der Waals surface area contributed by atoms with Crippen molar-refractivity contribution in [3.63, 3.8) is 0 Å². The average Bonchev–Trinajstić information content (AvgIpc) is 2.62. The topological polar surface area (TPSA) is 50.8 Å². The largest absolute Gasteiger partial charge is 0.497 e. The summed E-state index contributed by atoms with van der Waals surface area (Å²) in [6, 6.07) is 15.5. The number of carbonyl (C=O) groups is 1. The number of benzene rings is 2. The Labute approximate surface area is 149 Å². The van der Waals surface area contributed by atoms with Crippen LogP contribution in [0.15, 0.2) is 48.5 Å². The summed E-state index contributed by atoms with van der Waals surface area (Å²) in [4.78, 5) is 14.4. The van der Waals surface area contributed by atoms with Crippen LogP contribution in [0.25, 0.3) is 0 Å². The molecule has 0 aromatic heterocycles. The molecule has 2 aromatic rings. The number of ether oxygens (including phenoxy) is 2. The monoisotopic (exact) mass is 342 g/mol. The highest BCUT2D eigenvalue weighted by Gasteiger charge is 2.16. The van der Waals surface area contributed by atoms with Crippen LogP contribution in [0.3, 0.4) is 0 Å². The zero-order chi connectivity index (χ0) is 18.2. The normalized spacial score (nSPS) is 11.9. The number of amides is 1. The quantitative estimate of drug-likeness (QED) is 0.801. The minimum absolute atomic E-state index is 0.0285. The molecule has 0 bridgehead atoms. The maximum absolute atomic E-state index is 12.4. The van der Waals surface area contributed by atoms with Crippen molar-refractivity contribution in [3.8, 4) is 11.5 Å². The Hall–Kier alpha value is -2.53. The molecule has 1 amide bonds. The fourth-order valence-corrected chi connectivity index (χ4v) is 2.74. The van der Waals surface area contributed by atoms with Gasteiger partial charge in [-0.1, -0.05) is 30.3 Å². The highest BCUT2D eigenvalue weighted by atomic mass is 16.5. The molecular formula is C20H26N2O3. The van der Waals surface area contributed by atoms with Crippen molar-refractivity contribution < 1.29 is 14.3 Å². The van der Waals surface area contributed by atoms with Crippen LogP contribution in [0.2, 0.25) is 0 Å². The maximum atomic E-state index is 12.4. The Kier molecular flexibility index (Phi) is 6.83. The summed E-state index contributed by atoms with van der Waals surface area (Å²) < 4.78 is 10.6. The molecule has 1 unspecified atom stereocenters. The van der Waals surface area contributed by atoms with Gasteiger partial charge < -0.3 is 19.7 Å². The molecule has 1 N–H and O–H groups in total. The van der Waals surface area contributed by atoms with E-state index in [2.05, 4.69) is 10.2 Å². The molecule has 0 saturated heterocycles. The van der Waals surface area contributed by atoms with Gasteiger partial charge in [0.25, 0.3) is 0 Å². The predicted molar refractivity (Wildman–Crippen MR) is 99.1 cm³/mol. The fourth-order valence-electron chi connectivity index (χ4n) is 2.74. The van der Waals surface area contributed by atoms with Crippen molar-refractivity contribution in [3.05, 3.63) is 59.7 Å². The first-order chi connectivity index (χ1) is 12.0. The molecule has 0 aliphatic heterocycles. The van der Waals surface area contributed by atoms with Gasteiger partial charge in [0.05, 0.1) is 26.7 Å². The minimum atomic E-state index is -0.0285. The van der Waals surface area contributed by atoms with Gasteiger partial charge in [0.2, 0.25) is 5.91 Å². The SMILES string of the molecule is COc1cccc(C(CNC(=O)Cc2ccccc2OC)N(C)C)c1. The highest BCUT2D eigenvalue weighted by Crippen LogP contribution is 2.22. The minimum Gasteiger partial charge on any atom is -0.497 e. The molecule has 2 rings (SSSR count). The lowest BCUT2D eigenvalue weighted by Crippen LogP contribution is -2.35. The van der Waals surface area contributed by atoms with E-state index in [0.717, 1.165) is 22.6 Å². The zero-order valence-corrected chi connectivity index (χ0v) is 15.3. The highest BCUT2D eigenvalue weighted by molar-refractivity contribution is 5.79. The van der Waals surface area contributed by atoms with Crippen molar-refractivity contribution in [2.24, 2.45) is 0 Å². The number of nitrogens with one attached hydrogen (secondary N) is 1. The van der Waals surface area contributed by atoms with Gasteiger partial charge in [-0.3, -0.25) is 4.79 Å². The maximum Gasteiger partial charge on any atom is 0.224 e. The van der Waals surface area contributed by atoms with E-state index in [4.69, 9.17) is 9.47 Å². The molecule has 0 heterocycles. The zero-order valence-electron chi connectivity index (χ0n) is 15.3. The Morgan fingerprint density at radius 1 is 1.08 bits per heavy atom. The molecule has 0 spiro atoms. The summed E-state index contributed by atoms with van der Waals surface area (Å²) in [5.74, 6) is 1.51. The number of hydrogen-bond donors (Lipinski definition) is 1. The Morgan fingerprint density at radius 3 is 2.52 bits per heavy atom. The first-order valence-electron chi connectivity index (χ1n) is 8.24. The second-order valence-electron chi connectivity index (χ2n) is 6.05. The molecule has 0 aliphatic rings. The van der Waals surface area contributed by atoms with Crippen molar-refractivity contribution in [2.75, 3.05) is 34.9 Å². The van der Waals surface area contributed by atoms with E-state index in [1.807, 2.05) is 62.6 Å². The summed E-state index contributed by atoms with van der Waals surface area (Å²) >= 11 is 0. The van der Waals surface area contributed by atoms with E-state index < -0.39 is 0 Å². The molecule has 1 atom stereocenters. The van der Waals surface area contributed by atoms with Crippen LogP contribution >= 0.6 is 0 Å². The molecular weight excluding hydrogens is 316 g/mol. The van der Waals surface area contributed by atoms with Gasteiger partial charge in [-0.15, -0.1) is 0 Å². The van der Waals surface area contributed by atoms with E-state index in [0.29, 0.717) is 13.0 Å². The first kappa shape index (κ1) is 18.8. The lowest BCUT2D eigenvalue weighted by molar-refractivity contribution is -0.120. The number of carbonyl (C=O) groups excluding carboxylic acids is 1.